The number of hydrogen-bond donors (Lipinski definition) is 1. The Morgan fingerprint density at radius 2 is 2.06 bits per heavy atom. The Morgan fingerprint density at radius 1 is 1.39 bits per heavy atom. The van der Waals surface area contributed by atoms with Crippen molar-refractivity contribution in [2.45, 2.75) is 25.7 Å². The smallest absolute Gasteiger partial charge is 0.222 e. The molecule has 2 N–H and O–H groups in total. The highest BCUT2D eigenvalue weighted by Gasteiger charge is 2.25. The predicted molar refractivity (Wildman–Crippen MR) is 68.7 cm³/mol. The maximum atomic E-state index is 11.8. The lowest BCUT2D eigenvalue weighted by atomic mass is 9.96. The van der Waals surface area contributed by atoms with Crippen LogP contribution in [0.1, 0.15) is 25.7 Å². The van der Waals surface area contributed by atoms with E-state index in [0.29, 0.717) is 45.6 Å². The van der Waals surface area contributed by atoms with E-state index in [9.17, 15) is 9.59 Å². The predicted octanol–water partition coefficient (Wildman–Crippen LogP) is 0.693. The van der Waals surface area contributed by atoms with Crippen molar-refractivity contribution in [3.8, 4) is 0 Å². The summed E-state index contributed by atoms with van der Waals surface area (Å²) < 4.78 is 5.22. The lowest BCUT2D eigenvalue weighted by molar-refractivity contribution is -0.135. The minimum Gasteiger partial charge on any atom is -0.377 e. The van der Waals surface area contributed by atoms with Gasteiger partial charge in [-0.05, 0) is 19.3 Å². The summed E-state index contributed by atoms with van der Waals surface area (Å²) in [5.41, 5.74) is 5.25. The van der Waals surface area contributed by atoms with Crippen LogP contribution in [0.2, 0.25) is 0 Å². The van der Waals surface area contributed by atoms with Crippen LogP contribution >= 0.6 is 0 Å². The lowest BCUT2D eigenvalue weighted by Gasteiger charge is -2.30. The number of rotatable bonds is 7. The first-order valence-electron chi connectivity index (χ1n) is 6.41. The second-order valence-corrected chi connectivity index (χ2v) is 4.52. The molecular weight excluding hydrogens is 232 g/mol. The summed E-state index contributed by atoms with van der Waals surface area (Å²) in [4.78, 5) is 24.7. The lowest BCUT2D eigenvalue weighted by Crippen LogP contribution is -2.41. The molecule has 0 atom stereocenters. The Balaban J connectivity index is 2.16. The summed E-state index contributed by atoms with van der Waals surface area (Å²) in [6, 6.07) is 0. The first kappa shape index (κ1) is 14.7. The molecule has 1 saturated heterocycles. The number of nitrogens with zero attached hydrogens (tertiary/aromatic N) is 1. The quantitative estimate of drug-likeness (QED) is 0.536. The second kappa shape index (κ2) is 7.87. The van der Waals surface area contributed by atoms with E-state index in [2.05, 4.69) is 6.58 Å². The molecule has 2 amide bonds. The van der Waals surface area contributed by atoms with E-state index in [1.807, 2.05) is 4.90 Å². The van der Waals surface area contributed by atoms with Crippen molar-refractivity contribution in [3.63, 3.8) is 0 Å². The van der Waals surface area contributed by atoms with Crippen molar-refractivity contribution in [2.24, 2.45) is 11.7 Å². The van der Waals surface area contributed by atoms with E-state index < -0.39 is 0 Å². The van der Waals surface area contributed by atoms with Gasteiger partial charge in [0.15, 0.2) is 0 Å². The molecule has 0 aliphatic carbocycles. The van der Waals surface area contributed by atoms with Crippen molar-refractivity contribution in [1.82, 2.24) is 4.90 Å². The van der Waals surface area contributed by atoms with Gasteiger partial charge in [0, 0.05) is 32.0 Å². The third kappa shape index (κ3) is 4.87. The Hall–Kier alpha value is -1.36. The molecule has 102 valence electrons. The third-order valence-corrected chi connectivity index (χ3v) is 3.17. The van der Waals surface area contributed by atoms with Crippen LogP contribution in [0.5, 0.6) is 0 Å². The van der Waals surface area contributed by atoms with Crippen molar-refractivity contribution < 1.29 is 14.3 Å². The third-order valence-electron chi connectivity index (χ3n) is 3.17. The highest BCUT2D eigenvalue weighted by Crippen LogP contribution is 2.17. The van der Waals surface area contributed by atoms with Crippen LogP contribution < -0.4 is 5.73 Å². The number of ether oxygens (including phenoxy) is 1. The summed E-state index contributed by atoms with van der Waals surface area (Å²) in [6.07, 6.45) is 4.29. The van der Waals surface area contributed by atoms with Crippen molar-refractivity contribution >= 4 is 11.8 Å². The Bertz CT molecular complexity index is 297. The number of piperidine rings is 1. The molecule has 1 fully saturated rings. The number of hydrogen-bond acceptors (Lipinski definition) is 3. The van der Waals surface area contributed by atoms with Crippen LogP contribution in [0.15, 0.2) is 12.7 Å². The van der Waals surface area contributed by atoms with Gasteiger partial charge in [-0.25, -0.2) is 0 Å². The molecule has 1 heterocycles. The van der Waals surface area contributed by atoms with E-state index >= 15 is 0 Å². The standard InChI is InChI=1S/C13H22N2O3/c1-2-9-18-10-3-4-12(16)15-7-5-11(6-8-15)13(14)17/h2,11H,1,3-10H2,(H2,14,17). The van der Waals surface area contributed by atoms with E-state index in [0.717, 1.165) is 6.42 Å². The molecule has 5 heteroatoms. The number of amides is 2. The second-order valence-electron chi connectivity index (χ2n) is 4.52. The van der Waals surface area contributed by atoms with Crippen LogP contribution in [-0.2, 0) is 14.3 Å². The molecule has 1 rings (SSSR count). The molecule has 0 aromatic carbocycles. The van der Waals surface area contributed by atoms with Gasteiger partial charge >= 0.3 is 0 Å². The maximum absolute atomic E-state index is 11.8. The van der Waals surface area contributed by atoms with Crippen LogP contribution in [-0.4, -0.2) is 43.0 Å². The van der Waals surface area contributed by atoms with Crippen LogP contribution in [0.3, 0.4) is 0 Å². The number of carbonyl (C=O) groups excluding carboxylic acids is 2. The van der Waals surface area contributed by atoms with Gasteiger partial charge in [-0.2, -0.15) is 0 Å². The van der Waals surface area contributed by atoms with Gasteiger partial charge in [0.1, 0.15) is 0 Å². The van der Waals surface area contributed by atoms with E-state index in [-0.39, 0.29) is 17.7 Å². The SMILES string of the molecule is C=CCOCCCC(=O)N1CCC(C(N)=O)CC1. The van der Waals surface area contributed by atoms with E-state index in [1.165, 1.54) is 0 Å². The van der Waals surface area contributed by atoms with Gasteiger partial charge < -0.3 is 15.4 Å². The molecule has 1 aliphatic rings. The molecular formula is C13H22N2O3. The molecule has 0 saturated carbocycles. The van der Waals surface area contributed by atoms with Gasteiger partial charge in [-0.1, -0.05) is 6.08 Å². The first-order chi connectivity index (χ1) is 8.65. The van der Waals surface area contributed by atoms with Crippen LogP contribution in [0.25, 0.3) is 0 Å². The van der Waals surface area contributed by atoms with Crippen molar-refractivity contribution in [3.05, 3.63) is 12.7 Å². The number of primary amides is 1. The minimum atomic E-state index is -0.250. The molecule has 0 aromatic rings. The summed E-state index contributed by atoms with van der Waals surface area (Å²) in [5.74, 6) is -0.176. The molecule has 18 heavy (non-hydrogen) atoms. The molecule has 1 aliphatic heterocycles. The Labute approximate surface area is 108 Å². The molecule has 0 unspecified atom stereocenters. The molecule has 0 bridgehead atoms. The molecule has 0 spiro atoms. The average molecular weight is 254 g/mol. The van der Waals surface area contributed by atoms with Gasteiger partial charge in [0.25, 0.3) is 0 Å². The zero-order valence-electron chi connectivity index (χ0n) is 10.8. The zero-order chi connectivity index (χ0) is 13.4. The summed E-state index contributed by atoms with van der Waals surface area (Å²) in [7, 11) is 0. The monoisotopic (exact) mass is 254 g/mol. The highest BCUT2D eigenvalue weighted by molar-refractivity contribution is 5.78. The Morgan fingerprint density at radius 3 is 2.61 bits per heavy atom. The fraction of sp³-hybridized carbons (Fsp3) is 0.692. The van der Waals surface area contributed by atoms with E-state index in [1.54, 1.807) is 6.08 Å². The van der Waals surface area contributed by atoms with Crippen LogP contribution in [0, 0.1) is 5.92 Å². The largest absolute Gasteiger partial charge is 0.377 e. The van der Waals surface area contributed by atoms with E-state index in [4.69, 9.17) is 10.5 Å². The zero-order valence-corrected chi connectivity index (χ0v) is 10.8. The summed E-state index contributed by atoms with van der Waals surface area (Å²) in [6.45, 7) is 5.93. The number of nitrogens with two attached hydrogens (primary N) is 1. The molecule has 0 radical (unpaired) electrons. The van der Waals surface area contributed by atoms with Gasteiger partial charge in [-0.15, -0.1) is 6.58 Å². The summed E-state index contributed by atoms with van der Waals surface area (Å²) in [5, 5.41) is 0. The van der Waals surface area contributed by atoms with Gasteiger partial charge in [-0.3, -0.25) is 9.59 Å². The van der Waals surface area contributed by atoms with Gasteiger partial charge in [0.2, 0.25) is 11.8 Å². The number of likely N-dealkylation sites (tertiary alicyclic amines) is 1. The molecule has 5 nitrogen and oxygen atoms in total. The van der Waals surface area contributed by atoms with Gasteiger partial charge in [0.05, 0.1) is 6.61 Å². The van der Waals surface area contributed by atoms with Crippen molar-refractivity contribution in [1.29, 1.82) is 0 Å². The highest BCUT2D eigenvalue weighted by atomic mass is 16.5. The Kier molecular flexibility index (Phi) is 6.43. The van der Waals surface area contributed by atoms with Crippen molar-refractivity contribution in [2.75, 3.05) is 26.3 Å². The minimum absolute atomic E-state index is 0.0648. The van der Waals surface area contributed by atoms with Crippen LogP contribution in [0.4, 0.5) is 0 Å². The normalized spacial score (nSPS) is 16.6. The number of carbonyl (C=O) groups is 2. The summed E-state index contributed by atoms with van der Waals surface area (Å²) >= 11 is 0. The maximum Gasteiger partial charge on any atom is 0.222 e. The first-order valence-corrected chi connectivity index (χ1v) is 6.41. The topological polar surface area (TPSA) is 72.6 Å². The fourth-order valence-electron chi connectivity index (χ4n) is 2.06. The average Bonchev–Trinajstić information content (AvgIpc) is 2.38. The molecule has 0 aromatic heterocycles. The fourth-order valence-corrected chi connectivity index (χ4v) is 2.06.